The molecule has 1 atom stereocenters. The molecule has 0 aliphatic heterocycles. The summed E-state index contributed by atoms with van der Waals surface area (Å²) in [6, 6.07) is 12.8. The van der Waals surface area contributed by atoms with Crippen LogP contribution in [0.1, 0.15) is 24.5 Å². The molecule has 0 amide bonds. The first-order valence-electron chi connectivity index (χ1n) is 6.72. The third-order valence-corrected chi connectivity index (χ3v) is 3.13. The number of aromatic nitrogens is 1. The zero-order valence-electron chi connectivity index (χ0n) is 11.0. The largest absolute Gasteiger partial charge is 0.354 e. The standard InChI is InChI=1S/C16H22N2/c1-2-9-18-10-8-15(13-18)12-16(17)11-14-6-4-3-5-7-14/h3-8,10,13,16H,2,9,11-12,17H2,1H3. The van der Waals surface area contributed by atoms with Gasteiger partial charge in [0.25, 0.3) is 0 Å². The normalized spacial score (nSPS) is 12.6. The van der Waals surface area contributed by atoms with E-state index in [4.69, 9.17) is 5.73 Å². The van der Waals surface area contributed by atoms with Crippen LogP contribution < -0.4 is 5.73 Å². The summed E-state index contributed by atoms with van der Waals surface area (Å²) in [5.74, 6) is 0. The van der Waals surface area contributed by atoms with Crippen LogP contribution in [0.15, 0.2) is 48.8 Å². The molecule has 0 spiro atoms. The monoisotopic (exact) mass is 242 g/mol. The summed E-state index contributed by atoms with van der Waals surface area (Å²) in [4.78, 5) is 0. The van der Waals surface area contributed by atoms with Gasteiger partial charge < -0.3 is 10.3 Å². The fraction of sp³-hybridized carbons (Fsp3) is 0.375. The lowest BCUT2D eigenvalue weighted by atomic mass is 10.0. The second-order valence-electron chi connectivity index (χ2n) is 4.91. The molecule has 0 radical (unpaired) electrons. The summed E-state index contributed by atoms with van der Waals surface area (Å²) in [5.41, 5.74) is 8.87. The van der Waals surface area contributed by atoms with Gasteiger partial charge in [-0.2, -0.15) is 0 Å². The maximum atomic E-state index is 6.21. The van der Waals surface area contributed by atoms with Gasteiger partial charge in [0.15, 0.2) is 0 Å². The van der Waals surface area contributed by atoms with Crippen LogP contribution in [0.5, 0.6) is 0 Å². The van der Waals surface area contributed by atoms with Gasteiger partial charge in [0.2, 0.25) is 0 Å². The van der Waals surface area contributed by atoms with Crippen molar-refractivity contribution in [2.45, 2.75) is 38.8 Å². The SMILES string of the molecule is CCCn1ccc(CC(N)Cc2ccccc2)c1. The maximum absolute atomic E-state index is 6.21. The molecule has 2 N–H and O–H groups in total. The molecule has 0 saturated heterocycles. The van der Waals surface area contributed by atoms with Crippen molar-refractivity contribution in [2.75, 3.05) is 0 Å². The number of hydrogen-bond donors (Lipinski definition) is 1. The maximum Gasteiger partial charge on any atom is 0.0217 e. The highest BCUT2D eigenvalue weighted by atomic mass is 14.9. The van der Waals surface area contributed by atoms with Gasteiger partial charge >= 0.3 is 0 Å². The van der Waals surface area contributed by atoms with Crippen molar-refractivity contribution in [2.24, 2.45) is 5.73 Å². The van der Waals surface area contributed by atoms with Crippen molar-refractivity contribution in [1.82, 2.24) is 4.57 Å². The van der Waals surface area contributed by atoms with Crippen LogP contribution in [0.25, 0.3) is 0 Å². The molecule has 0 aliphatic rings. The van der Waals surface area contributed by atoms with E-state index in [0.717, 1.165) is 19.4 Å². The molecule has 18 heavy (non-hydrogen) atoms. The zero-order valence-corrected chi connectivity index (χ0v) is 11.0. The van der Waals surface area contributed by atoms with Crippen LogP contribution in [-0.4, -0.2) is 10.6 Å². The average Bonchev–Trinajstić information content (AvgIpc) is 2.78. The van der Waals surface area contributed by atoms with E-state index < -0.39 is 0 Å². The lowest BCUT2D eigenvalue weighted by molar-refractivity contribution is 0.654. The Hall–Kier alpha value is -1.54. The van der Waals surface area contributed by atoms with E-state index >= 15 is 0 Å². The van der Waals surface area contributed by atoms with Gasteiger partial charge in [0.1, 0.15) is 0 Å². The van der Waals surface area contributed by atoms with Crippen LogP contribution in [0.4, 0.5) is 0 Å². The molecule has 1 unspecified atom stereocenters. The van der Waals surface area contributed by atoms with Crippen LogP contribution in [0.3, 0.4) is 0 Å². The average molecular weight is 242 g/mol. The number of aryl methyl sites for hydroxylation is 1. The number of nitrogens with two attached hydrogens (primary N) is 1. The predicted octanol–water partition coefficient (Wildman–Crippen LogP) is 3.01. The molecule has 1 heterocycles. The first-order valence-corrected chi connectivity index (χ1v) is 6.72. The number of benzene rings is 1. The van der Waals surface area contributed by atoms with E-state index in [9.17, 15) is 0 Å². The Balaban J connectivity index is 1.88. The molecule has 1 aromatic heterocycles. The quantitative estimate of drug-likeness (QED) is 0.829. The molecule has 0 bridgehead atoms. The Morgan fingerprint density at radius 1 is 1.06 bits per heavy atom. The minimum atomic E-state index is 0.199. The Kier molecular flexibility index (Phi) is 4.59. The summed E-state index contributed by atoms with van der Waals surface area (Å²) in [6.45, 7) is 3.29. The topological polar surface area (TPSA) is 30.9 Å². The summed E-state index contributed by atoms with van der Waals surface area (Å²) in [6.07, 6.45) is 7.43. The Morgan fingerprint density at radius 3 is 2.50 bits per heavy atom. The zero-order chi connectivity index (χ0) is 12.8. The minimum Gasteiger partial charge on any atom is -0.354 e. The van der Waals surface area contributed by atoms with E-state index in [-0.39, 0.29) is 6.04 Å². The van der Waals surface area contributed by atoms with Crippen LogP contribution >= 0.6 is 0 Å². The minimum absolute atomic E-state index is 0.199. The summed E-state index contributed by atoms with van der Waals surface area (Å²) >= 11 is 0. The first kappa shape index (κ1) is 12.9. The second kappa shape index (κ2) is 6.41. The molecule has 2 rings (SSSR count). The lowest BCUT2D eigenvalue weighted by Crippen LogP contribution is -2.25. The summed E-state index contributed by atoms with van der Waals surface area (Å²) in [7, 11) is 0. The molecule has 0 saturated carbocycles. The van der Waals surface area contributed by atoms with Crippen molar-refractivity contribution >= 4 is 0 Å². The van der Waals surface area contributed by atoms with Crippen molar-refractivity contribution in [3.8, 4) is 0 Å². The fourth-order valence-corrected chi connectivity index (χ4v) is 2.30. The van der Waals surface area contributed by atoms with Crippen LogP contribution in [0, 0.1) is 0 Å². The summed E-state index contributed by atoms with van der Waals surface area (Å²) in [5, 5.41) is 0. The van der Waals surface area contributed by atoms with E-state index in [2.05, 4.69) is 54.2 Å². The van der Waals surface area contributed by atoms with E-state index in [1.54, 1.807) is 0 Å². The third kappa shape index (κ3) is 3.74. The lowest BCUT2D eigenvalue weighted by Gasteiger charge is -2.10. The molecular weight excluding hydrogens is 220 g/mol. The molecule has 2 aromatic rings. The highest BCUT2D eigenvalue weighted by molar-refractivity contribution is 5.18. The van der Waals surface area contributed by atoms with Crippen molar-refractivity contribution < 1.29 is 0 Å². The fourth-order valence-electron chi connectivity index (χ4n) is 2.30. The van der Waals surface area contributed by atoms with Gasteiger partial charge in [-0.1, -0.05) is 37.3 Å². The van der Waals surface area contributed by atoms with Crippen LogP contribution in [0.2, 0.25) is 0 Å². The number of nitrogens with zero attached hydrogens (tertiary/aromatic N) is 1. The van der Waals surface area contributed by atoms with Gasteiger partial charge in [0, 0.05) is 25.0 Å². The second-order valence-corrected chi connectivity index (χ2v) is 4.91. The Bertz CT molecular complexity index is 459. The Morgan fingerprint density at radius 2 is 1.78 bits per heavy atom. The molecular formula is C16H22N2. The molecule has 96 valence electrons. The van der Waals surface area contributed by atoms with Crippen LogP contribution in [-0.2, 0) is 19.4 Å². The van der Waals surface area contributed by atoms with Gasteiger partial charge in [-0.3, -0.25) is 0 Å². The van der Waals surface area contributed by atoms with E-state index in [1.165, 1.54) is 17.5 Å². The third-order valence-electron chi connectivity index (χ3n) is 3.13. The van der Waals surface area contributed by atoms with E-state index in [1.807, 2.05) is 6.07 Å². The Labute approximate surface area is 109 Å². The van der Waals surface area contributed by atoms with E-state index in [0.29, 0.717) is 0 Å². The molecule has 2 nitrogen and oxygen atoms in total. The van der Waals surface area contributed by atoms with Crippen molar-refractivity contribution in [3.05, 3.63) is 59.9 Å². The number of hydrogen-bond acceptors (Lipinski definition) is 1. The van der Waals surface area contributed by atoms with Gasteiger partial charge in [0.05, 0.1) is 0 Å². The van der Waals surface area contributed by atoms with Gasteiger partial charge in [-0.25, -0.2) is 0 Å². The van der Waals surface area contributed by atoms with Crippen molar-refractivity contribution in [1.29, 1.82) is 0 Å². The molecule has 0 fully saturated rings. The highest BCUT2D eigenvalue weighted by Crippen LogP contribution is 2.09. The van der Waals surface area contributed by atoms with Crippen molar-refractivity contribution in [3.63, 3.8) is 0 Å². The smallest absolute Gasteiger partial charge is 0.0217 e. The molecule has 2 heteroatoms. The number of rotatable bonds is 6. The molecule has 1 aromatic carbocycles. The molecule has 0 aliphatic carbocycles. The van der Waals surface area contributed by atoms with Gasteiger partial charge in [-0.15, -0.1) is 0 Å². The highest BCUT2D eigenvalue weighted by Gasteiger charge is 2.06. The predicted molar refractivity (Wildman–Crippen MR) is 76.5 cm³/mol. The first-order chi connectivity index (χ1) is 8.78. The summed E-state index contributed by atoms with van der Waals surface area (Å²) < 4.78 is 2.24. The van der Waals surface area contributed by atoms with Gasteiger partial charge in [-0.05, 0) is 36.5 Å².